The Morgan fingerprint density at radius 1 is 0.275 bits per heavy atom. The molecule has 0 aliphatic heterocycles. The summed E-state index contributed by atoms with van der Waals surface area (Å²) < 4.78 is 2.39. The van der Waals surface area contributed by atoms with Gasteiger partial charge in [0, 0.05) is 16.5 Å². The summed E-state index contributed by atoms with van der Waals surface area (Å²) in [4.78, 5) is 0. The molecule has 0 saturated heterocycles. The zero-order chi connectivity index (χ0) is 33.5. The van der Waals surface area contributed by atoms with Crippen LogP contribution in [0.2, 0.25) is 0 Å². The topological polar surface area (TPSA) is 4.93 Å². The van der Waals surface area contributed by atoms with Crippen molar-refractivity contribution in [1.29, 1.82) is 0 Å². The second kappa shape index (κ2) is 10.9. The predicted octanol–water partition coefficient (Wildman–Crippen LogP) is 13.9. The van der Waals surface area contributed by atoms with Gasteiger partial charge in [-0.25, -0.2) is 0 Å². The van der Waals surface area contributed by atoms with Gasteiger partial charge in [0.1, 0.15) is 0 Å². The number of benzene rings is 10. The second-order valence-corrected chi connectivity index (χ2v) is 13.7. The van der Waals surface area contributed by atoms with Crippen LogP contribution >= 0.6 is 0 Å². The van der Waals surface area contributed by atoms with Crippen molar-refractivity contribution in [1.82, 2.24) is 4.57 Å². The van der Waals surface area contributed by atoms with E-state index in [9.17, 15) is 0 Å². The molecule has 0 radical (unpaired) electrons. The molecule has 0 fully saturated rings. The van der Waals surface area contributed by atoms with Gasteiger partial charge in [0.2, 0.25) is 0 Å². The average Bonchev–Trinajstić information content (AvgIpc) is 3.54. The minimum atomic E-state index is 1.17. The summed E-state index contributed by atoms with van der Waals surface area (Å²) in [5.74, 6) is 0. The van der Waals surface area contributed by atoms with Gasteiger partial charge in [-0.05, 0) is 119 Å². The van der Waals surface area contributed by atoms with Gasteiger partial charge in [-0.3, -0.25) is 0 Å². The molecule has 0 saturated carbocycles. The molecule has 0 N–H and O–H groups in total. The van der Waals surface area contributed by atoms with E-state index in [-0.39, 0.29) is 0 Å². The van der Waals surface area contributed by atoms with Crippen molar-refractivity contribution in [3.63, 3.8) is 0 Å². The molecule has 0 spiro atoms. The molecule has 1 nitrogen and oxygen atoms in total. The summed E-state index contributed by atoms with van der Waals surface area (Å²) in [5, 5.41) is 15.5. The van der Waals surface area contributed by atoms with Crippen molar-refractivity contribution in [3.8, 4) is 27.9 Å². The Bertz CT molecular complexity index is 3170. The Morgan fingerprint density at radius 2 is 0.804 bits per heavy atom. The first-order valence-corrected chi connectivity index (χ1v) is 17.7. The quantitative estimate of drug-likeness (QED) is 0.133. The number of aromatic nitrogens is 1. The third-order valence-corrected chi connectivity index (χ3v) is 10.9. The van der Waals surface area contributed by atoms with Gasteiger partial charge in [-0.2, -0.15) is 0 Å². The minimum Gasteiger partial charge on any atom is -0.309 e. The highest BCUT2D eigenvalue weighted by Gasteiger charge is 2.17. The predicted molar refractivity (Wildman–Crippen MR) is 219 cm³/mol. The molecule has 0 atom stereocenters. The highest BCUT2D eigenvalue weighted by molar-refractivity contribution is 6.34. The van der Waals surface area contributed by atoms with Crippen LogP contribution in [0.3, 0.4) is 0 Å². The molecule has 1 heterocycles. The van der Waals surface area contributed by atoms with E-state index in [0.29, 0.717) is 0 Å². The molecule has 11 aromatic rings. The van der Waals surface area contributed by atoms with Crippen LogP contribution in [0, 0.1) is 0 Å². The van der Waals surface area contributed by atoms with Crippen LogP contribution in [0.4, 0.5) is 0 Å². The zero-order valence-electron chi connectivity index (χ0n) is 27.8. The Kier molecular flexibility index (Phi) is 6.02. The summed E-state index contributed by atoms with van der Waals surface area (Å²) >= 11 is 0. The maximum absolute atomic E-state index is 2.44. The second-order valence-electron chi connectivity index (χ2n) is 13.7. The normalized spacial score (nSPS) is 11.9. The fraction of sp³-hybridized carbons (Fsp3) is 0. The van der Waals surface area contributed by atoms with Crippen LogP contribution < -0.4 is 0 Å². The summed E-state index contributed by atoms with van der Waals surface area (Å²) in [6.07, 6.45) is 0. The Morgan fingerprint density at radius 3 is 1.57 bits per heavy atom. The lowest BCUT2D eigenvalue weighted by molar-refractivity contribution is 1.18. The van der Waals surface area contributed by atoms with Crippen LogP contribution in [0.5, 0.6) is 0 Å². The number of fused-ring (bicyclic) bond motifs is 12. The van der Waals surface area contributed by atoms with Gasteiger partial charge in [-0.1, -0.05) is 146 Å². The molecule has 0 bridgehead atoms. The van der Waals surface area contributed by atoms with Gasteiger partial charge in [0.15, 0.2) is 0 Å². The van der Waals surface area contributed by atoms with E-state index in [4.69, 9.17) is 0 Å². The third kappa shape index (κ3) is 4.22. The lowest BCUT2D eigenvalue weighted by atomic mass is 9.86. The fourth-order valence-electron chi connectivity index (χ4n) is 8.59. The van der Waals surface area contributed by atoms with E-state index in [1.165, 1.54) is 104 Å². The molecule has 0 amide bonds. The Hall–Kier alpha value is -6.70. The highest BCUT2D eigenvalue weighted by Crippen LogP contribution is 2.44. The molecule has 236 valence electrons. The number of rotatable bonds is 3. The van der Waals surface area contributed by atoms with Crippen molar-refractivity contribution in [3.05, 3.63) is 188 Å². The molecule has 0 unspecified atom stereocenters. The molecule has 11 rings (SSSR count). The van der Waals surface area contributed by atoms with E-state index < -0.39 is 0 Å². The van der Waals surface area contributed by atoms with Gasteiger partial charge in [-0.15, -0.1) is 0 Å². The lowest BCUT2D eigenvalue weighted by Gasteiger charge is -2.17. The first-order valence-electron chi connectivity index (χ1n) is 17.7. The Labute approximate surface area is 295 Å². The van der Waals surface area contributed by atoms with Crippen molar-refractivity contribution < 1.29 is 0 Å². The van der Waals surface area contributed by atoms with Gasteiger partial charge in [0.05, 0.1) is 11.0 Å². The largest absolute Gasteiger partial charge is 0.309 e. The van der Waals surface area contributed by atoms with E-state index in [2.05, 4.69) is 193 Å². The molecular weight excluding hydrogens is 615 g/mol. The molecule has 51 heavy (non-hydrogen) atoms. The maximum atomic E-state index is 2.44. The average molecular weight is 646 g/mol. The summed E-state index contributed by atoms with van der Waals surface area (Å²) in [7, 11) is 0. The van der Waals surface area contributed by atoms with Crippen LogP contribution in [0.1, 0.15) is 0 Å². The highest BCUT2D eigenvalue weighted by atomic mass is 15.0. The minimum absolute atomic E-state index is 1.17. The smallest absolute Gasteiger partial charge is 0.0547 e. The molecule has 10 aromatic carbocycles. The summed E-state index contributed by atoms with van der Waals surface area (Å²) in [5.41, 5.74) is 8.52. The van der Waals surface area contributed by atoms with Crippen LogP contribution in [-0.4, -0.2) is 4.57 Å². The monoisotopic (exact) mass is 645 g/mol. The number of hydrogen-bond acceptors (Lipinski definition) is 0. The van der Waals surface area contributed by atoms with Gasteiger partial charge >= 0.3 is 0 Å². The summed E-state index contributed by atoms with van der Waals surface area (Å²) in [6, 6.07) is 69.3. The molecule has 0 aliphatic rings. The van der Waals surface area contributed by atoms with Crippen molar-refractivity contribution in [2.24, 2.45) is 0 Å². The van der Waals surface area contributed by atoms with Crippen molar-refractivity contribution in [2.75, 3.05) is 0 Å². The maximum Gasteiger partial charge on any atom is 0.0547 e. The van der Waals surface area contributed by atoms with Crippen molar-refractivity contribution in [2.45, 2.75) is 0 Å². The lowest BCUT2D eigenvalue weighted by Crippen LogP contribution is -1.93. The summed E-state index contributed by atoms with van der Waals surface area (Å²) in [6.45, 7) is 0. The van der Waals surface area contributed by atoms with Crippen LogP contribution in [0.15, 0.2) is 188 Å². The van der Waals surface area contributed by atoms with Crippen LogP contribution in [-0.2, 0) is 0 Å². The fourth-order valence-corrected chi connectivity index (χ4v) is 8.59. The molecule has 1 heteroatoms. The van der Waals surface area contributed by atoms with Gasteiger partial charge in [0.25, 0.3) is 0 Å². The number of para-hydroxylation sites is 2. The molecule has 0 aliphatic carbocycles. The third-order valence-electron chi connectivity index (χ3n) is 10.9. The van der Waals surface area contributed by atoms with E-state index in [0.717, 1.165) is 0 Å². The number of hydrogen-bond donors (Lipinski definition) is 0. The molecule has 1 aromatic heterocycles. The van der Waals surface area contributed by atoms with Crippen molar-refractivity contribution >= 4 is 75.7 Å². The standard InChI is InChI=1S/C50H31N/c1-2-14-37(15-3-1)51-48-21-11-10-19-41(48)42-27-26-36(30-49(42)51)32-22-24-33(25-23-32)44-31-47-39-17-7-6-16-38(39)45-28-34-12-4-5-13-35(34)29-46(45)50(47)43-20-9-8-18-40(43)44/h1-31H. The van der Waals surface area contributed by atoms with E-state index in [1.807, 2.05) is 0 Å². The van der Waals surface area contributed by atoms with E-state index >= 15 is 0 Å². The first kappa shape index (κ1) is 28.2. The SMILES string of the molecule is c1ccc(-n2c3ccccc3c3ccc(-c4ccc(-c5cc6c7ccccc7c7cc8ccccc8cc7c6c6ccccc56)cc4)cc32)cc1. The first-order chi connectivity index (χ1) is 25.3. The van der Waals surface area contributed by atoms with Gasteiger partial charge < -0.3 is 4.57 Å². The molecular formula is C50H31N. The number of nitrogens with zero attached hydrogens (tertiary/aromatic N) is 1. The van der Waals surface area contributed by atoms with Crippen LogP contribution in [0.25, 0.3) is 104 Å². The Balaban J connectivity index is 1.11. The van der Waals surface area contributed by atoms with E-state index in [1.54, 1.807) is 0 Å². The zero-order valence-corrected chi connectivity index (χ0v) is 27.8.